The van der Waals surface area contributed by atoms with Gasteiger partial charge in [0, 0.05) is 24.7 Å². The van der Waals surface area contributed by atoms with Crippen molar-refractivity contribution in [3.05, 3.63) is 34.9 Å². The van der Waals surface area contributed by atoms with E-state index in [9.17, 15) is 0 Å². The quantitative estimate of drug-likeness (QED) is 0.648. The molecule has 1 unspecified atom stereocenters. The second-order valence-corrected chi connectivity index (χ2v) is 5.99. The van der Waals surface area contributed by atoms with E-state index in [1.165, 1.54) is 13.0 Å². The third kappa shape index (κ3) is 5.21. The zero-order chi connectivity index (χ0) is 15.1. The summed E-state index contributed by atoms with van der Waals surface area (Å²) in [6.45, 7) is 6.86. The highest BCUT2D eigenvalue weighted by atomic mass is 35.5. The van der Waals surface area contributed by atoms with Crippen molar-refractivity contribution >= 4 is 17.6 Å². The van der Waals surface area contributed by atoms with E-state index in [0.717, 1.165) is 36.2 Å². The summed E-state index contributed by atoms with van der Waals surface area (Å²) in [5.74, 6) is 1.58. The summed E-state index contributed by atoms with van der Waals surface area (Å²) in [5.41, 5.74) is 1.05. The van der Waals surface area contributed by atoms with E-state index in [4.69, 9.17) is 11.6 Å². The molecule has 4 nitrogen and oxygen atoms in total. The van der Waals surface area contributed by atoms with Crippen LogP contribution in [0.2, 0.25) is 5.02 Å². The van der Waals surface area contributed by atoms with Crippen LogP contribution in [0.25, 0.3) is 0 Å². The maximum Gasteiger partial charge on any atom is 0.191 e. The average molecular weight is 309 g/mol. The SMILES string of the molecule is CCNC(=NCc1ccccc1Cl)NCC1CCN(C)C1. The van der Waals surface area contributed by atoms with E-state index in [1.54, 1.807) is 0 Å². The van der Waals surface area contributed by atoms with Crippen LogP contribution in [0, 0.1) is 5.92 Å². The third-order valence-corrected chi connectivity index (χ3v) is 4.13. The van der Waals surface area contributed by atoms with Gasteiger partial charge in [0.25, 0.3) is 0 Å². The highest BCUT2D eigenvalue weighted by Gasteiger charge is 2.19. The fourth-order valence-corrected chi connectivity index (χ4v) is 2.76. The van der Waals surface area contributed by atoms with Gasteiger partial charge in [0.05, 0.1) is 6.54 Å². The molecular formula is C16H25ClN4. The fraction of sp³-hybridized carbons (Fsp3) is 0.562. The fourth-order valence-electron chi connectivity index (χ4n) is 2.57. The zero-order valence-electron chi connectivity index (χ0n) is 12.9. The molecule has 1 aliphatic heterocycles. The lowest BCUT2D eigenvalue weighted by molar-refractivity contribution is 0.394. The molecule has 2 N–H and O–H groups in total. The summed E-state index contributed by atoms with van der Waals surface area (Å²) in [7, 11) is 2.18. The minimum atomic E-state index is 0.597. The summed E-state index contributed by atoms with van der Waals surface area (Å²) >= 11 is 6.17. The first-order valence-corrected chi connectivity index (χ1v) is 8.01. The van der Waals surface area contributed by atoms with Crippen molar-refractivity contribution < 1.29 is 0 Å². The normalized spacial score (nSPS) is 19.8. The van der Waals surface area contributed by atoms with Gasteiger partial charge in [0.15, 0.2) is 5.96 Å². The van der Waals surface area contributed by atoms with Gasteiger partial charge >= 0.3 is 0 Å². The Balaban J connectivity index is 1.88. The molecule has 0 saturated carbocycles. The maximum absolute atomic E-state index is 6.17. The number of hydrogen-bond acceptors (Lipinski definition) is 2. The molecule has 5 heteroatoms. The van der Waals surface area contributed by atoms with E-state index in [1.807, 2.05) is 24.3 Å². The van der Waals surface area contributed by atoms with Crippen molar-refractivity contribution in [3.63, 3.8) is 0 Å². The van der Waals surface area contributed by atoms with Crippen molar-refractivity contribution in [2.75, 3.05) is 33.2 Å². The summed E-state index contributed by atoms with van der Waals surface area (Å²) < 4.78 is 0. The van der Waals surface area contributed by atoms with Crippen LogP contribution in [0.1, 0.15) is 18.9 Å². The molecule has 0 amide bonds. The molecule has 0 aliphatic carbocycles. The largest absolute Gasteiger partial charge is 0.357 e. The van der Waals surface area contributed by atoms with E-state index in [2.05, 4.69) is 34.5 Å². The van der Waals surface area contributed by atoms with Gasteiger partial charge in [-0.1, -0.05) is 29.8 Å². The number of benzene rings is 1. The van der Waals surface area contributed by atoms with Crippen molar-refractivity contribution in [2.24, 2.45) is 10.9 Å². The predicted molar refractivity (Wildman–Crippen MR) is 89.9 cm³/mol. The number of nitrogens with one attached hydrogen (secondary N) is 2. The molecule has 1 aliphatic rings. The van der Waals surface area contributed by atoms with E-state index in [0.29, 0.717) is 12.5 Å². The smallest absolute Gasteiger partial charge is 0.191 e. The Bertz CT molecular complexity index is 475. The Morgan fingerprint density at radius 1 is 1.38 bits per heavy atom. The Kier molecular flexibility index (Phi) is 6.33. The van der Waals surface area contributed by atoms with E-state index < -0.39 is 0 Å². The first-order valence-electron chi connectivity index (χ1n) is 7.63. The molecule has 1 atom stereocenters. The van der Waals surface area contributed by atoms with Gasteiger partial charge in [0.1, 0.15) is 0 Å². The molecule has 21 heavy (non-hydrogen) atoms. The topological polar surface area (TPSA) is 39.7 Å². The van der Waals surface area contributed by atoms with Crippen LogP contribution in [0.4, 0.5) is 0 Å². The summed E-state index contributed by atoms with van der Waals surface area (Å²) in [6.07, 6.45) is 1.26. The van der Waals surface area contributed by atoms with Gasteiger partial charge in [-0.2, -0.15) is 0 Å². The van der Waals surface area contributed by atoms with Crippen molar-refractivity contribution in [2.45, 2.75) is 19.9 Å². The Morgan fingerprint density at radius 3 is 2.86 bits per heavy atom. The number of nitrogens with zero attached hydrogens (tertiary/aromatic N) is 2. The van der Waals surface area contributed by atoms with Crippen LogP contribution < -0.4 is 10.6 Å². The van der Waals surface area contributed by atoms with Gasteiger partial charge in [0.2, 0.25) is 0 Å². The third-order valence-electron chi connectivity index (χ3n) is 3.76. The molecule has 0 spiro atoms. The van der Waals surface area contributed by atoms with Crippen LogP contribution in [0.5, 0.6) is 0 Å². The first kappa shape index (κ1) is 16.1. The molecule has 1 heterocycles. The number of aliphatic imine (C=N–C) groups is 1. The van der Waals surface area contributed by atoms with Crippen molar-refractivity contribution in [3.8, 4) is 0 Å². The molecule has 2 rings (SSSR count). The monoisotopic (exact) mass is 308 g/mol. The molecule has 0 radical (unpaired) electrons. The van der Waals surface area contributed by atoms with Gasteiger partial charge in [-0.05, 0) is 44.5 Å². The zero-order valence-corrected chi connectivity index (χ0v) is 13.7. The molecule has 1 saturated heterocycles. The van der Waals surface area contributed by atoms with Crippen LogP contribution >= 0.6 is 11.6 Å². The summed E-state index contributed by atoms with van der Waals surface area (Å²) in [6, 6.07) is 7.85. The Hall–Kier alpha value is -1.26. The van der Waals surface area contributed by atoms with Gasteiger partial charge in [-0.3, -0.25) is 0 Å². The summed E-state index contributed by atoms with van der Waals surface area (Å²) in [4.78, 5) is 7.00. The van der Waals surface area contributed by atoms with Crippen LogP contribution in [0.15, 0.2) is 29.3 Å². The standard InChI is InChI=1S/C16H25ClN4/c1-3-18-16(19-10-13-8-9-21(2)12-13)20-11-14-6-4-5-7-15(14)17/h4-7,13H,3,8-12H2,1-2H3,(H2,18,19,20). The Labute approximate surface area is 132 Å². The lowest BCUT2D eigenvalue weighted by Gasteiger charge is -2.15. The maximum atomic E-state index is 6.17. The van der Waals surface area contributed by atoms with Crippen LogP contribution in [-0.4, -0.2) is 44.1 Å². The second kappa shape index (κ2) is 8.25. The number of rotatable bonds is 5. The van der Waals surface area contributed by atoms with Crippen molar-refractivity contribution in [1.82, 2.24) is 15.5 Å². The van der Waals surface area contributed by atoms with Gasteiger partial charge in [-0.25, -0.2) is 4.99 Å². The minimum absolute atomic E-state index is 0.597. The average Bonchev–Trinajstić information content (AvgIpc) is 2.89. The molecule has 1 aromatic carbocycles. The predicted octanol–water partition coefficient (Wildman–Crippen LogP) is 2.35. The number of guanidine groups is 1. The Morgan fingerprint density at radius 2 is 2.19 bits per heavy atom. The summed E-state index contributed by atoms with van der Waals surface area (Å²) in [5, 5.41) is 7.50. The van der Waals surface area contributed by atoms with Crippen molar-refractivity contribution in [1.29, 1.82) is 0 Å². The van der Waals surface area contributed by atoms with Crippen LogP contribution in [-0.2, 0) is 6.54 Å². The first-order chi connectivity index (χ1) is 10.2. The lowest BCUT2D eigenvalue weighted by Crippen LogP contribution is -2.40. The van der Waals surface area contributed by atoms with Crippen LogP contribution in [0.3, 0.4) is 0 Å². The number of hydrogen-bond donors (Lipinski definition) is 2. The molecule has 116 valence electrons. The minimum Gasteiger partial charge on any atom is -0.357 e. The van der Waals surface area contributed by atoms with Gasteiger partial charge < -0.3 is 15.5 Å². The number of likely N-dealkylation sites (tertiary alicyclic amines) is 1. The highest BCUT2D eigenvalue weighted by molar-refractivity contribution is 6.31. The van der Waals surface area contributed by atoms with E-state index in [-0.39, 0.29) is 0 Å². The molecule has 1 aromatic rings. The lowest BCUT2D eigenvalue weighted by atomic mass is 10.1. The second-order valence-electron chi connectivity index (χ2n) is 5.58. The van der Waals surface area contributed by atoms with E-state index >= 15 is 0 Å². The molecule has 0 aromatic heterocycles. The van der Waals surface area contributed by atoms with Gasteiger partial charge in [-0.15, -0.1) is 0 Å². The molecule has 1 fully saturated rings. The molecular weight excluding hydrogens is 284 g/mol. The molecule has 0 bridgehead atoms. The highest BCUT2D eigenvalue weighted by Crippen LogP contribution is 2.16. The number of halogens is 1.